The molecule has 0 atom stereocenters. The van der Waals surface area contributed by atoms with Gasteiger partial charge in [-0.2, -0.15) is 0 Å². The summed E-state index contributed by atoms with van der Waals surface area (Å²) >= 11 is 1.82. The highest BCUT2D eigenvalue weighted by Gasteiger charge is 2.22. The molecule has 0 amide bonds. The van der Waals surface area contributed by atoms with E-state index in [1.54, 1.807) is 0 Å². The Bertz CT molecular complexity index is 284. The first-order valence-corrected chi connectivity index (χ1v) is 6.30. The minimum Gasteiger partial charge on any atom is -0.437 e. The van der Waals surface area contributed by atoms with E-state index in [9.17, 15) is 5.02 Å². The van der Waals surface area contributed by atoms with Crippen LogP contribution in [0.3, 0.4) is 0 Å². The Morgan fingerprint density at radius 1 is 1.40 bits per heavy atom. The summed E-state index contributed by atoms with van der Waals surface area (Å²) in [6, 6.07) is 4.29. The molecule has 1 aliphatic heterocycles. The lowest BCUT2D eigenvalue weighted by Crippen LogP contribution is -2.50. The molecule has 1 saturated heterocycles. The van der Waals surface area contributed by atoms with Crippen molar-refractivity contribution in [3.05, 3.63) is 22.4 Å². The highest BCUT2D eigenvalue weighted by Crippen LogP contribution is 2.13. The highest BCUT2D eigenvalue weighted by molar-refractivity contribution is 7.09. The topological polar surface area (TPSA) is 26.7 Å². The number of thiophene rings is 1. The fourth-order valence-corrected chi connectivity index (χ4v) is 2.66. The Kier molecular flexibility index (Phi) is 3.80. The fraction of sp³-hybridized carbons (Fsp3) is 0.600. The third kappa shape index (κ3) is 3.05. The summed E-state index contributed by atoms with van der Waals surface area (Å²) < 4.78 is 0. The number of hydrogen-bond acceptors (Lipinski definition) is 4. The SMILES string of the molecule is CB(O)N1CCN(Cc2cccs2)CC1. The van der Waals surface area contributed by atoms with Gasteiger partial charge in [-0.05, 0) is 18.3 Å². The van der Waals surface area contributed by atoms with Crippen LogP contribution < -0.4 is 0 Å². The number of hydrogen-bond donors (Lipinski definition) is 1. The van der Waals surface area contributed by atoms with Gasteiger partial charge in [-0.1, -0.05) is 6.07 Å². The number of nitrogens with zero attached hydrogens (tertiary/aromatic N) is 2. The molecule has 0 radical (unpaired) electrons. The van der Waals surface area contributed by atoms with Crippen LogP contribution in [0.5, 0.6) is 0 Å². The highest BCUT2D eigenvalue weighted by atomic mass is 32.1. The van der Waals surface area contributed by atoms with Gasteiger partial charge in [0.05, 0.1) is 0 Å². The van der Waals surface area contributed by atoms with Gasteiger partial charge in [-0.3, -0.25) is 4.90 Å². The van der Waals surface area contributed by atoms with Crippen molar-refractivity contribution in [3.8, 4) is 0 Å². The van der Waals surface area contributed by atoms with Crippen LogP contribution in [0.15, 0.2) is 17.5 Å². The van der Waals surface area contributed by atoms with E-state index in [0.29, 0.717) is 0 Å². The van der Waals surface area contributed by atoms with E-state index >= 15 is 0 Å². The summed E-state index contributed by atoms with van der Waals surface area (Å²) in [5.41, 5.74) is 0. The molecule has 0 unspecified atom stereocenters. The molecule has 2 heterocycles. The predicted octanol–water partition coefficient (Wildman–Crippen LogP) is 0.976. The van der Waals surface area contributed by atoms with Crippen LogP contribution in [0, 0.1) is 0 Å². The molecule has 0 saturated carbocycles. The lowest BCUT2D eigenvalue weighted by molar-refractivity contribution is 0.171. The Hall–Kier alpha value is -0.355. The number of rotatable bonds is 3. The molecule has 0 spiro atoms. The third-order valence-corrected chi connectivity index (χ3v) is 3.76. The Balaban J connectivity index is 1.79. The normalized spacial score (nSPS) is 19.3. The van der Waals surface area contributed by atoms with Crippen LogP contribution >= 0.6 is 11.3 Å². The zero-order chi connectivity index (χ0) is 10.7. The van der Waals surface area contributed by atoms with Crippen LogP contribution in [0.25, 0.3) is 0 Å². The van der Waals surface area contributed by atoms with Crippen LogP contribution in [0.1, 0.15) is 4.88 Å². The Morgan fingerprint density at radius 2 is 2.13 bits per heavy atom. The van der Waals surface area contributed by atoms with E-state index in [2.05, 4.69) is 27.2 Å². The minimum atomic E-state index is -0.297. The van der Waals surface area contributed by atoms with Crippen molar-refractivity contribution in [2.75, 3.05) is 26.2 Å². The summed E-state index contributed by atoms with van der Waals surface area (Å²) in [6.07, 6.45) is 0. The molecular weight excluding hydrogens is 207 g/mol. The van der Waals surface area contributed by atoms with Crippen molar-refractivity contribution in [1.82, 2.24) is 9.71 Å². The van der Waals surface area contributed by atoms with Crippen LogP contribution in [0.4, 0.5) is 0 Å². The Morgan fingerprint density at radius 3 is 2.67 bits per heavy atom. The maximum absolute atomic E-state index is 9.43. The molecule has 0 bridgehead atoms. The standard InChI is InChI=1S/C10H17BN2OS/c1-11(14)13-6-4-12(5-7-13)9-10-3-2-8-15-10/h2-3,8,14H,4-7,9H2,1H3. The molecule has 3 nitrogen and oxygen atoms in total. The smallest absolute Gasteiger partial charge is 0.376 e. The average molecular weight is 224 g/mol. The predicted molar refractivity (Wildman–Crippen MR) is 65.0 cm³/mol. The van der Waals surface area contributed by atoms with Gasteiger partial charge in [0.25, 0.3) is 0 Å². The lowest BCUT2D eigenvalue weighted by atomic mass is 9.84. The molecule has 1 aromatic rings. The second-order valence-electron chi connectivity index (χ2n) is 4.02. The first-order valence-electron chi connectivity index (χ1n) is 5.42. The molecule has 2 rings (SSSR count). The van der Waals surface area contributed by atoms with Crippen molar-refractivity contribution in [1.29, 1.82) is 0 Å². The summed E-state index contributed by atoms with van der Waals surface area (Å²) in [5.74, 6) is 0. The van der Waals surface area contributed by atoms with Crippen LogP contribution in [-0.2, 0) is 6.54 Å². The van der Waals surface area contributed by atoms with E-state index in [1.807, 2.05) is 18.2 Å². The summed E-state index contributed by atoms with van der Waals surface area (Å²) in [5, 5.41) is 11.6. The number of piperazine rings is 1. The van der Waals surface area contributed by atoms with E-state index in [-0.39, 0.29) is 7.05 Å². The first-order chi connectivity index (χ1) is 7.25. The molecule has 5 heteroatoms. The monoisotopic (exact) mass is 224 g/mol. The minimum absolute atomic E-state index is 0.297. The summed E-state index contributed by atoms with van der Waals surface area (Å²) in [7, 11) is -0.297. The third-order valence-electron chi connectivity index (χ3n) is 2.89. The molecular formula is C10H17BN2OS. The van der Waals surface area contributed by atoms with Gasteiger partial charge < -0.3 is 9.83 Å². The van der Waals surface area contributed by atoms with E-state index in [0.717, 1.165) is 32.7 Å². The molecule has 82 valence electrons. The van der Waals surface area contributed by atoms with Gasteiger partial charge in [0.2, 0.25) is 0 Å². The average Bonchev–Trinajstić information content (AvgIpc) is 2.71. The van der Waals surface area contributed by atoms with Gasteiger partial charge in [0.1, 0.15) is 0 Å². The molecule has 0 aliphatic carbocycles. The second-order valence-corrected chi connectivity index (χ2v) is 5.06. The lowest BCUT2D eigenvalue weighted by Gasteiger charge is -2.35. The Labute approximate surface area is 95.4 Å². The van der Waals surface area contributed by atoms with Gasteiger partial charge in [-0.25, -0.2) is 0 Å². The zero-order valence-electron chi connectivity index (χ0n) is 9.09. The molecule has 1 fully saturated rings. The molecule has 1 aliphatic rings. The van der Waals surface area contributed by atoms with E-state index in [1.165, 1.54) is 4.88 Å². The maximum atomic E-state index is 9.43. The van der Waals surface area contributed by atoms with Crippen molar-refractivity contribution in [3.63, 3.8) is 0 Å². The van der Waals surface area contributed by atoms with E-state index in [4.69, 9.17) is 0 Å². The second kappa shape index (κ2) is 5.12. The maximum Gasteiger partial charge on any atom is 0.376 e. The quantitative estimate of drug-likeness (QED) is 0.775. The van der Waals surface area contributed by atoms with Gasteiger partial charge in [0.15, 0.2) is 0 Å². The summed E-state index contributed by atoms with van der Waals surface area (Å²) in [4.78, 5) is 6.00. The molecule has 0 aromatic carbocycles. The zero-order valence-corrected chi connectivity index (χ0v) is 9.91. The van der Waals surface area contributed by atoms with Gasteiger partial charge in [0, 0.05) is 37.6 Å². The molecule has 1 aromatic heterocycles. The molecule has 1 N–H and O–H groups in total. The van der Waals surface area contributed by atoms with Crippen molar-refractivity contribution in [2.45, 2.75) is 13.4 Å². The van der Waals surface area contributed by atoms with Gasteiger partial charge >= 0.3 is 7.05 Å². The van der Waals surface area contributed by atoms with Crippen molar-refractivity contribution >= 4 is 18.4 Å². The largest absolute Gasteiger partial charge is 0.437 e. The van der Waals surface area contributed by atoms with Crippen molar-refractivity contribution < 1.29 is 5.02 Å². The van der Waals surface area contributed by atoms with Crippen LogP contribution in [0.2, 0.25) is 6.82 Å². The first kappa shape index (κ1) is 11.1. The van der Waals surface area contributed by atoms with Crippen LogP contribution in [-0.4, -0.2) is 48.0 Å². The fourth-order valence-electron chi connectivity index (χ4n) is 1.92. The van der Waals surface area contributed by atoms with Crippen molar-refractivity contribution in [2.24, 2.45) is 0 Å². The summed E-state index contributed by atoms with van der Waals surface area (Å²) in [6.45, 7) is 6.97. The van der Waals surface area contributed by atoms with Gasteiger partial charge in [-0.15, -0.1) is 11.3 Å². The van der Waals surface area contributed by atoms with E-state index < -0.39 is 0 Å². The molecule has 15 heavy (non-hydrogen) atoms.